The van der Waals surface area contributed by atoms with Gasteiger partial charge in [-0.3, -0.25) is 0 Å². The number of nitrogens with zero attached hydrogens (tertiary/aromatic N) is 4. The first kappa shape index (κ1) is 9.31. The molecule has 5 nitrogen and oxygen atoms in total. The van der Waals surface area contributed by atoms with E-state index in [9.17, 15) is 0 Å². The van der Waals surface area contributed by atoms with E-state index in [0.717, 1.165) is 0 Å². The van der Waals surface area contributed by atoms with Crippen molar-refractivity contribution in [1.82, 2.24) is 0 Å². The van der Waals surface area contributed by atoms with Crippen LogP contribution in [-0.2, 0) is 0 Å². The van der Waals surface area contributed by atoms with Crippen LogP contribution in [-0.4, -0.2) is 14.1 Å². The van der Waals surface area contributed by atoms with E-state index >= 15 is 0 Å². The van der Waals surface area contributed by atoms with E-state index in [0.29, 0.717) is 17.1 Å². The lowest BCUT2D eigenvalue weighted by Crippen LogP contribution is -1.84. The summed E-state index contributed by atoms with van der Waals surface area (Å²) < 4.78 is 0. The molecule has 0 aliphatic carbocycles. The molecule has 13 heavy (non-hydrogen) atoms. The van der Waals surface area contributed by atoms with Gasteiger partial charge in [0.1, 0.15) is 11.4 Å². The molecule has 0 heterocycles. The van der Waals surface area contributed by atoms with E-state index in [1.807, 2.05) is 0 Å². The summed E-state index contributed by atoms with van der Waals surface area (Å²) in [5.74, 6) is 0. The quantitative estimate of drug-likeness (QED) is 0.547. The Hall–Kier alpha value is -1.78. The summed E-state index contributed by atoms with van der Waals surface area (Å²) in [4.78, 5) is 0. The molecule has 0 saturated carbocycles. The Bertz CT molecular complexity index is 342. The highest BCUT2D eigenvalue weighted by Crippen LogP contribution is 2.33. The second kappa shape index (κ2) is 4.30. The van der Waals surface area contributed by atoms with Gasteiger partial charge in [0.05, 0.1) is 5.69 Å². The number of anilines is 1. The van der Waals surface area contributed by atoms with Crippen molar-refractivity contribution in [2.75, 3.05) is 19.8 Å². The van der Waals surface area contributed by atoms with Gasteiger partial charge in [-0.2, -0.15) is 20.5 Å². The highest BCUT2D eigenvalue weighted by Gasteiger charge is 2.03. The molecule has 0 saturated heterocycles. The lowest BCUT2D eigenvalue weighted by Gasteiger charge is -2.00. The Balaban J connectivity index is 3.25. The summed E-state index contributed by atoms with van der Waals surface area (Å²) in [6, 6.07) is 5.33. The van der Waals surface area contributed by atoms with Gasteiger partial charge in [-0.05, 0) is 12.1 Å². The third-order valence-corrected chi connectivity index (χ3v) is 1.45. The molecule has 0 aromatic heterocycles. The number of azo groups is 2. The lowest BCUT2D eigenvalue weighted by atomic mass is 10.2. The van der Waals surface area contributed by atoms with Crippen LogP contribution in [0.2, 0.25) is 0 Å². The van der Waals surface area contributed by atoms with Crippen LogP contribution in [0.4, 0.5) is 17.1 Å². The van der Waals surface area contributed by atoms with Crippen molar-refractivity contribution in [2.24, 2.45) is 20.5 Å². The lowest BCUT2D eigenvalue weighted by molar-refractivity contribution is 1.13. The molecule has 5 heteroatoms. The number of hydrogen-bond acceptors (Lipinski definition) is 5. The highest BCUT2D eigenvalue weighted by molar-refractivity contribution is 5.75. The molecular weight excluding hydrogens is 166 g/mol. The van der Waals surface area contributed by atoms with Crippen LogP contribution in [0.1, 0.15) is 0 Å². The number of nitrogens with two attached hydrogens (primary N) is 1. The minimum absolute atomic E-state index is 0.551. The number of rotatable bonds is 2. The van der Waals surface area contributed by atoms with Gasteiger partial charge in [0.15, 0.2) is 0 Å². The molecule has 0 spiro atoms. The van der Waals surface area contributed by atoms with Crippen LogP contribution >= 0.6 is 0 Å². The largest absolute Gasteiger partial charge is 0.397 e. The van der Waals surface area contributed by atoms with Gasteiger partial charge in [0, 0.05) is 14.1 Å². The zero-order valence-corrected chi connectivity index (χ0v) is 7.60. The van der Waals surface area contributed by atoms with Gasteiger partial charge in [0.2, 0.25) is 0 Å². The molecule has 0 amide bonds. The first-order chi connectivity index (χ1) is 6.29. The van der Waals surface area contributed by atoms with E-state index in [2.05, 4.69) is 20.5 Å². The van der Waals surface area contributed by atoms with Crippen LogP contribution in [0.5, 0.6) is 0 Å². The molecular formula is C8H11N5. The second-order valence-electron chi connectivity index (χ2n) is 2.31. The van der Waals surface area contributed by atoms with E-state index in [-0.39, 0.29) is 0 Å². The van der Waals surface area contributed by atoms with Crippen LogP contribution in [0.3, 0.4) is 0 Å². The fourth-order valence-corrected chi connectivity index (χ4v) is 0.946. The first-order valence-electron chi connectivity index (χ1n) is 3.77. The Labute approximate surface area is 76.4 Å². The van der Waals surface area contributed by atoms with Gasteiger partial charge in [-0.1, -0.05) is 6.07 Å². The maximum absolute atomic E-state index is 5.68. The summed E-state index contributed by atoms with van der Waals surface area (Å²) in [7, 11) is 3.18. The summed E-state index contributed by atoms with van der Waals surface area (Å²) in [5.41, 5.74) is 7.43. The maximum Gasteiger partial charge on any atom is 0.136 e. The monoisotopic (exact) mass is 177 g/mol. The van der Waals surface area contributed by atoms with E-state index in [4.69, 9.17) is 5.73 Å². The van der Waals surface area contributed by atoms with Gasteiger partial charge in [0.25, 0.3) is 0 Å². The maximum atomic E-state index is 5.68. The smallest absolute Gasteiger partial charge is 0.136 e. The predicted molar refractivity (Wildman–Crippen MR) is 51.7 cm³/mol. The predicted octanol–water partition coefficient (Wildman–Crippen LogP) is 2.70. The average Bonchev–Trinajstić information content (AvgIpc) is 2.11. The van der Waals surface area contributed by atoms with E-state index in [1.165, 1.54) is 0 Å². The van der Waals surface area contributed by atoms with E-state index in [1.54, 1.807) is 32.3 Å². The SMILES string of the molecule is C/N=N/c1cccc(N)c1/N=N/C. The molecule has 0 unspecified atom stereocenters. The second-order valence-corrected chi connectivity index (χ2v) is 2.31. The molecule has 0 fully saturated rings. The molecule has 68 valence electrons. The fourth-order valence-electron chi connectivity index (χ4n) is 0.946. The molecule has 0 atom stereocenters. The zero-order valence-electron chi connectivity index (χ0n) is 7.60. The fraction of sp³-hybridized carbons (Fsp3) is 0.250. The van der Waals surface area contributed by atoms with Crippen molar-refractivity contribution < 1.29 is 0 Å². The molecule has 1 aromatic rings. The average molecular weight is 177 g/mol. The first-order valence-corrected chi connectivity index (χ1v) is 3.77. The van der Waals surface area contributed by atoms with Crippen LogP contribution in [0.25, 0.3) is 0 Å². The Kier molecular flexibility index (Phi) is 3.08. The van der Waals surface area contributed by atoms with Gasteiger partial charge in [-0.15, -0.1) is 0 Å². The highest BCUT2D eigenvalue weighted by atomic mass is 15.1. The van der Waals surface area contributed by atoms with Gasteiger partial charge < -0.3 is 5.73 Å². The van der Waals surface area contributed by atoms with Crippen molar-refractivity contribution in [2.45, 2.75) is 0 Å². The van der Waals surface area contributed by atoms with Crippen molar-refractivity contribution in [3.8, 4) is 0 Å². The van der Waals surface area contributed by atoms with Crippen LogP contribution < -0.4 is 5.73 Å². The van der Waals surface area contributed by atoms with Crippen molar-refractivity contribution in [3.63, 3.8) is 0 Å². The summed E-state index contributed by atoms with van der Waals surface area (Å²) in [5, 5.41) is 15.1. The molecule has 0 aliphatic rings. The van der Waals surface area contributed by atoms with Crippen LogP contribution in [0.15, 0.2) is 38.7 Å². The number of benzene rings is 1. The van der Waals surface area contributed by atoms with Crippen molar-refractivity contribution >= 4 is 17.1 Å². The molecule has 2 N–H and O–H groups in total. The summed E-state index contributed by atoms with van der Waals surface area (Å²) in [6.07, 6.45) is 0. The standard InChI is InChI=1S/C8H11N5/c1-10-12-7-5-3-4-6(9)8(7)13-11-2/h3-5H,9H2,1-2H3/b12-10+,13-11+. The zero-order chi connectivity index (χ0) is 9.68. The number of hydrogen-bond donors (Lipinski definition) is 1. The summed E-state index contributed by atoms with van der Waals surface area (Å²) in [6.45, 7) is 0. The van der Waals surface area contributed by atoms with Gasteiger partial charge >= 0.3 is 0 Å². The third kappa shape index (κ3) is 2.08. The molecule has 1 rings (SSSR count). The minimum atomic E-state index is 0.551. The topological polar surface area (TPSA) is 75.5 Å². The molecule has 0 aliphatic heterocycles. The third-order valence-electron chi connectivity index (χ3n) is 1.45. The molecule has 1 aromatic carbocycles. The molecule has 0 bridgehead atoms. The van der Waals surface area contributed by atoms with Crippen LogP contribution in [0, 0.1) is 0 Å². The minimum Gasteiger partial charge on any atom is -0.397 e. The normalized spacial score (nSPS) is 11.5. The van der Waals surface area contributed by atoms with Crippen molar-refractivity contribution in [1.29, 1.82) is 0 Å². The van der Waals surface area contributed by atoms with Crippen molar-refractivity contribution in [3.05, 3.63) is 18.2 Å². The number of nitrogen functional groups attached to an aromatic ring is 1. The van der Waals surface area contributed by atoms with Gasteiger partial charge in [-0.25, -0.2) is 0 Å². The van der Waals surface area contributed by atoms with E-state index < -0.39 is 0 Å². The molecule has 0 radical (unpaired) electrons. The summed E-state index contributed by atoms with van der Waals surface area (Å²) >= 11 is 0. The Morgan fingerprint density at radius 2 is 1.77 bits per heavy atom. The Morgan fingerprint density at radius 1 is 1.08 bits per heavy atom. The Morgan fingerprint density at radius 3 is 2.38 bits per heavy atom.